The topological polar surface area (TPSA) is 338 Å². The van der Waals surface area contributed by atoms with E-state index in [1.165, 1.54) is 5.56 Å². The summed E-state index contributed by atoms with van der Waals surface area (Å²) in [4.78, 5) is 75.5. The van der Waals surface area contributed by atoms with Crippen LogP contribution in [0.2, 0.25) is 0 Å². The van der Waals surface area contributed by atoms with Gasteiger partial charge in [0.05, 0.1) is 39.5 Å². The number of likely N-dealkylation sites (tertiary alicyclic amines) is 1. The summed E-state index contributed by atoms with van der Waals surface area (Å²) in [5, 5.41) is 45.0. The molecule has 82 heavy (non-hydrogen) atoms. The molecule has 4 rings (SSSR count). The van der Waals surface area contributed by atoms with Crippen LogP contribution in [0, 0.1) is 11.8 Å². The number of ether oxygens (including phenoxy) is 5. The van der Waals surface area contributed by atoms with Gasteiger partial charge in [0.25, 0.3) is 12.4 Å². The number of nitrogens with zero attached hydrogens (tertiary/aromatic N) is 2. The molecule has 1 saturated heterocycles. The number of phosphoric ester groups is 1. The zero-order valence-electron chi connectivity index (χ0n) is 49.5. The van der Waals surface area contributed by atoms with Crippen molar-refractivity contribution in [3.63, 3.8) is 0 Å². The molecule has 3 heterocycles. The lowest BCUT2D eigenvalue weighted by Crippen LogP contribution is -2.47. The highest BCUT2D eigenvalue weighted by Gasteiger charge is 2.34. The van der Waals surface area contributed by atoms with E-state index in [-0.39, 0.29) is 69.4 Å². The smallest absolute Gasteiger partial charge is 0.481 e. The van der Waals surface area contributed by atoms with Crippen LogP contribution in [0.3, 0.4) is 0 Å². The van der Waals surface area contributed by atoms with Crippen LogP contribution in [0.5, 0.6) is 0 Å². The number of anilines is 2. The molecule has 1 aromatic carbocycles. The number of carbonyl (C=O) groups is 6. The second kappa shape index (κ2) is 44.1. The lowest BCUT2D eigenvalue weighted by Gasteiger charge is -2.33. The van der Waals surface area contributed by atoms with Crippen molar-refractivity contribution >= 4 is 55.6 Å². The highest BCUT2D eigenvalue weighted by molar-refractivity contribution is 7.48. The van der Waals surface area contributed by atoms with Gasteiger partial charge in [0.1, 0.15) is 24.6 Å². The number of phosphoric acid groups is 1. The lowest BCUT2D eigenvalue weighted by atomic mass is 9.82. The van der Waals surface area contributed by atoms with Gasteiger partial charge in [-0.2, -0.15) is 0 Å². The van der Waals surface area contributed by atoms with Gasteiger partial charge in [-0.25, -0.2) is 14.3 Å². The van der Waals surface area contributed by atoms with E-state index in [4.69, 9.17) is 48.1 Å². The fourth-order valence-corrected chi connectivity index (χ4v) is 9.43. The summed E-state index contributed by atoms with van der Waals surface area (Å²) in [6, 6.07) is 12.2. The monoisotopic (exact) mass is 1190 g/mol. The van der Waals surface area contributed by atoms with Gasteiger partial charge in [0.2, 0.25) is 11.8 Å². The Morgan fingerprint density at radius 1 is 0.939 bits per heavy atom. The van der Waals surface area contributed by atoms with E-state index in [0.717, 1.165) is 108 Å². The molecule has 2 aliphatic rings. The van der Waals surface area contributed by atoms with Crippen molar-refractivity contribution in [2.45, 2.75) is 129 Å². The number of hydrogen-bond acceptors (Lipinski definition) is 20. The van der Waals surface area contributed by atoms with Gasteiger partial charge in [0, 0.05) is 85.0 Å². The van der Waals surface area contributed by atoms with Crippen molar-refractivity contribution in [3.05, 3.63) is 53.2 Å². The first-order chi connectivity index (χ1) is 39.4. The maximum absolute atomic E-state index is 12.8. The number of hydrogen-bond donors (Lipinski definition) is 8. The Hall–Kier alpha value is -5.50. The number of pyridine rings is 1. The minimum Gasteiger partial charge on any atom is -0.481 e. The fraction of sp³-hybridized carbons (Fsp3) is 0.696. The summed E-state index contributed by atoms with van der Waals surface area (Å²) in [5.41, 5.74) is 3.34. The Balaban J connectivity index is 0.000000660. The van der Waals surface area contributed by atoms with Crippen molar-refractivity contribution < 1.29 is 91.0 Å². The van der Waals surface area contributed by atoms with Crippen molar-refractivity contribution in [2.75, 3.05) is 124 Å². The van der Waals surface area contributed by atoms with Gasteiger partial charge in [0.15, 0.2) is 6.10 Å². The number of carboxylic acid groups (broad SMARTS) is 2. The molecule has 25 nitrogen and oxygen atoms in total. The summed E-state index contributed by atoms with van der Waals surface area (Å²) in [7, 11) is -0.0884. The third kappa shape index (κ3) is 31.8. The Morgan fingerprint density at radius 3 is 2.26 bits per heavy atom. The highest BCUT2D eigenvalue weighted by Crippen LogP contribution is 2.48. The number of aliphatic hydroxyl groups excluding tert-OH is 2. The molecule has 468 valence electrons. The van der Waals surface area contributed by atoms with E-state index >= 15 is 0 Å². The van der Waals surface area contributed by atoms with Gasteiger partial charge >= 0.3 is 19.9 Å². The largest absolute Gasteiger partial charge is 0.505 e. The van der Waals surface area contributed by atoms with Gasteiger partial charge in [-0.3, -0.25) is 37.5 Å². The quantitative estimate of drug-likeness (QED) is 0.0162. The first-order valence-electron chi connectivity index (χ1n) is 28.2. The zero-order valence-corrected chi connectivity index (χ0v) is 50.4. The van der Waals surface area contributed by atoms with Crippen LogP contribution < -0.4 is 21.3 Å². The van der Waals surface area contributed by atoms with E-state index in [1.807, 2.05) is 50.1 Å². The predicted molar refractivity (Wildman–Crippen MR) is 308 cm³/mol. The van der Waals surface area contributed by atoms with Crippen LogP contribution in [0.4, 0.5) is 16.3 Å². The Bertz CT molecular complexity index is 2160. The van der Waals surface area contributed by atoms with Gasteiger partial charge in [-0.15, -0.1) is 0 Å². The minimum absolute atomic E-state index is 0.000601. The lowest BCUT2D eigenvalue weighted by molar-refractivity contribution is -0.146. The van der Waals surface area contributed by atoms with Gasteiger partial charge in [-0.1, -0.05) is 51.8 Å². The molecule has 26 heteroatoms. The van der Waals surface area contributed by atoms with Crippen molar-refractivity contribution in [1.29, 1.82) is 0 Å². The second-order valence-corrected chi connectivity index (χ2v) is 21.2. The van der Waals surface area contributed by atoms with Crippen molar-refractivity contribution in [3.8, 4) is 0 Å². The summed E-state index contributed by atoms with van der Waals surface area (Å²) in [5.74, 6) is 0.819. The van der Waals surface area contributed by atoms with Crippen molar-refractivity contribution in [1.82, 2.24) is 20.5 Å². The number of amides is 3. The average molecular weight is 1190 g/mol. The molecule has 0 spiro atoms. The number of aliphatic carboxylic acids is 1. The molecule has 0 saturated carbocycles. The Morgan fingerprint density at radius 2 is 1.65 bits per heavy atom. The van der Waals surface area contributed by atoms with E-state index in [2.05, 4.69) is 56.7 Å². The molecule has 0 aliphatic carbocycles. The van der Waals surface area contributed by atoms with Crippen molar-refractivity contribution in [2.24, 2.45) is 11.8 Å². The summed E-state index contributed by atoms with van der Waals surface area (Å²) in [6.45, 7) is 13.4. The second-order valence-electron chi connectivity index (χ2n) is 19.5. The number of fused-ring (bicyclic) bond motifs is 1. The molecule has 2 aliphatic heterocycles. The molecule has 2 aromatic rings. The average Bonchev–Trinajstić information content (AvgIpc) is 3.51. The van der Waals surface area contributed by atoms with Gasteiger partial charge < -0.3 is 70.3 Å². The van der Waals surface area contributed by atoms with Crippen LogP contribution in [0.1, 0.15) is 122 Å². The first kappa shape index (κ1) is 74.5. The first-order valence-corrected chi connectivity index (χ1v) is 29.6. The molecular weight excluding hydrogens is 1090 g/mol. The molecule has 0 radical (unpaired) electrons. The number of rotatable bonds is 37. The number of carbonyl (C=O) groups excluding carboxylic acids is 4. The number of aromatic nitrogens is 1. The number of aryl methyl sites for hydroxylation is 2. The number of aliphatic hydroxyl groups is 2. The molecule has 8 N–H and O–H groups in total. The van der Waals surface area contributed by atoms with E-state index in [0.29, 0.717) is 57.5 Å². The van der Waals surface area contributed by atoms with Crippen LogP contribution in [0.25, 0.3) is 0 Å². The zero-order chi connectivity index (χ0) is 61.2. The van der Waals surface area contributed by atoms with Crippen LogP contribution in [-0.2, 0) is 78.6 Å². The van der Waals surface area contributed by atoms with E-state index in [1.54, 1.807) is 6.92 Å². The minimum atomic E-state index is -4.05. The molecule has 3 amide bonds. The van der Waals surface area contributed by atoms with E-state index < -0.39 is 44.9 Å². The molecule has 5 unspecified atom stereocenters. The van der Waals surface area contributed by atoms with Gasteiger partial charge in [-0.05, 0) is 112 Å². The number of carboxylic acids is 1. The number of benzene rings is 1. The fourth-order valence-electron chi connectivity index (χ4n) is 8.48. The molecule has 0 bridgehead atoms. The highest BCUT2D eigenvalue weighted by atomic mass is 31.2. The van der Waals surface area contributed by atoms with Crippen LogP contribution in [0.15, 0.2) is 36.4 Å². The summed E-state index contributed by atoms with van der Waals surface area (Å²) < 4.78 is 52.2. The molecule has 5 atom stereocenters. The van der Waals surface area contributed by atoms with Crippen LogP contribution >= 0.6 is 7.82 Å². The Labute approximate surface area is 484 Å². The third-order valence-electron chi connectivity index (χ3n) is 13.3. The maximum atomic E-state index is 12.8. The maximum Gasteiger partial charge on any atom is 0.505 e. The normalized spacial score (nSPS) is 15.4. The standard InChI is InChI=1S/C27H36N4O3.C20H38NO11P.C8H17NO4.CH4O/c1-28-23-7-4-20(5-8-23)22(18-26(33)34)17-19-12-15-31(16-13-19)25(32)11-10-24-9-6-21-3-2-14-29-27(21)30-24;1-6-9-20(4,30-11-8-16(3)7-2)18(23)21-10-12-31-33(26,27-5)32-14-17(29-15-22)13-28-19(24)25;1-2-12-5-6-13-7-8(11)9-3-4-10;1-2/h4-9,19,22,28H,2-3,10-18H2,1H3,(H,29,30)(H,33,34);15-17H,6-14H2,1-5H3,(H,21,23)(H,24,25);10H,2-7H2,1H3,(H,9,11);2H,1H3. The van der Waals surface area contributed by atoms with Crippen LogP contribution in [-0.4, -0.2) is 192 Å². The SMILES string of the molecule is CCCC(C)(OCCC(C)CC)C(=O)NCCOP(=O)(OC)OCC(COC(=O)O)OC=O.CCOCCOCC(=O)NCCO.CNc1ccc(C(CC(=O)O)CC2CCN(C(=O)CCc3ccc4c(n3)NCCC4)CC2)cc1.CO. The number of nitrogens with one attached hydrogen (secondary N) is 4. The molecule has 1 aromatic heterocycles. The molecule has 1 fully saturated rings. The predicted octanol–water partition coefficient (Wildman–Crippen LogP) is 6.20. The summed E-state index contributed by atoms with van der Waals surface area (Å²) >= 11 is 0. The Kier molecular flexibility index (Phi) is 40.1. The molecular formula is C56H95N6O19P. The summed E-state index contributed by atoms with van der Waals surface area (Å²) in [6.07, 6.45) is 6.66. The third-order valence-corrected chi connectivity index (χ3v) is 14.7. The number of piperidine rings is 1. The van der Waals surface area contributed by atoms with E-state index in [9.17, 15) is 38.4 Å².